The van der Waals surface area contributed by atoms with E-state index in [1.807, 2.05) is 19.1 Å². The molecule has 1 saturated heterocycles. The van der Waals surface area contributed by atoms with Gasteiger partial charge in [0, 0.05) is 6.54 Å². The summed E-state index contributed by atoms with van der Waals surface area (Å²) in [6.07, 6.45) is 7.14. The first-order valence-corrected chi connectivity index (χ1v) is 11.7. The Morgan fingerprint density at radius 3 is 2.30 bits per heavy atom. The lowest BCUT2D eigenvalue weighted by Gasteiger charge is -2.28. The molecule has 0 unspecified atom stereocenters. The zero-order valence-electron chi connectivity index (χ0n) is 16.8. The standard InChI is InChI=1S/C20H33N3O3S/c1-17-9-11-19(12-10-17)23(27(3,25)26)18(2)20(24)21-13-8-16-22-14-6-4-5-7-15-22/h9-12,18H,4-8,13-16H2,1-3H3,(H,21,24)/t18-/m1/s1. The van der Waals surface area contributed by atoms with Crippen molar-refractivity contribution in [1.29, 1.82) is 0 Å². The molecular weight excluding hydrogens is 362 g/mol. The van der Waals surface area contributed by atoms with E-state index in [0.29, 0.717) is 12.2 Å². The van der Waals surface area contributed by atoms with Gasteiger partial charge in [-0.2, -0.15) is 0 Å². The zero-order valence-corrected chi connectivity index (χ0v) is 17.6. The van der Waals surface area contributed by atoms with Crippen LogP contribution < -0.4 is 9.62 Å². The van der Waals surface area contributed by atoms with Gasteiger partial charge in [-0.3, -0.25) is 9.10 Å². The van der Waals surface area contributed by atoms with E-state index in [-0.39, 0.29) is 5.91 Å². The molecule has 1 heterocycles. The van der Waals surface area contributed by atoms with Gasteiger partial charge in [-0.15, -0.1) is 0 Å². The van der Waals surface area contributed by atoms with Crippen molar-refractivity contribution in [2.75, 3.05) is 36.7 Å². The van der Waals surface area contributed by atoms with Crippen molar-refractivity contribution in [3.8, 4) is 0 Å². The van der Waals surface area contributed by atoms with Crippen molar-refractivity contribution in [3.05, 3.63) is 29.8 Å². The number of amides is 1. The fourth-order valence-electron chi connectivity index (χ4n) is 3.52. The maximum atomic E-state index is 12.5. The number of hydrogen-bond acceptors (Lipinski definition) is 4. The lowest BCUT2D eigenvalue weighted by Crippen LogP contribution is -2.48. The van der Waals surface area contributed by atoms with Crippen LogP contribution in [0.2, 0.25) is 0 Å². The molecule has 0 aliphatic carbocycles. The smallest absolute Gasteiger partial charge is 0.243 e. The van der Waals surface area contributed by atoms with Gasteiger partial charge in [0.15, 0.2) is 0 Å². The van der Waals surface area contributed by atoms with Crippen molar-refractivity contribution in [2.45, 2.75) is 52.0 Å². The first-order chi connectivity index (χ1) is 12.8. The van der Waals surface area contributed by atoms with E-state index in [2.05, 4.69) is 10.2 Å². The summed E-state index contributed by atoms with van der Waals surface area (Å²) < 4.78 is 25.7. The zero-order chi connectivity index (χ0) is 19.9. The van der Waals surface area contributed by atoms with E-state index in [1.165, 1.54) is 30.0 Å². The van der Waals surface area contributed by atoms with Crippen molar-refractivity contribution in [3.63, 3.8) is 0 Å². The summed E-state index contributed by atoms with van der Waals surface area (Å²) in [6.45, 7) is 7.38. The molecule has 0 aromatic heterocycles. The molecule has 1 atom stereocenters. The minimum Gasteiger partial charge on any atom is -0.354 e. The molecular formula is C20H33N3O3S. The second kappa shape index (κ2) is 10.1. The van der Waals surface area contributed by atoms with E-state index in [1.54, 1.807) is 19.1 Å². The molecule has 0 radical (unpaired) electrons. The summed E-state index contributed by atoms with van der Waals surface area (Å²) >= 11 is 0. The molecule has 2 rings (SSSR count). The maximum Gasteiger partial charge on any atom is 0.243 e. The van der Waals surface area contributed by atoms with E-state index in [4.69, 9.17) is 0 Å². The van der Waals surface area contributed by atoms with Gasteiger partial charge in [0.05, 0.1) is 11.9 Å². The summed E-state index contributed by atoms with van der Waals surface area (Å²) in [5.74, 6) is -0.267. The van der Waals surface area contributed by atoms with E-state index in [0.717, 1.165) is 37.9 Å². The lowest BCUT2D eigenvalue weighted by atomic mass is 10.2. The second-order valence-corrected chi connectivity index (χ2v) is 9.33. The summed E-state index contributed by atoms with van der Waals surface area (Å²) in [6, 6.07) is 6.37. The Labute approximate surface area is 164 Å². The highest BCUT2D eigenvalue weighted by molar-refractivity contribution is 7.92. The number of benzene rings is 1. The molecule has 6 nitrogen and oxygen atoms in total. The summed E-state index contributed by atoms with van der Waals surface area (Å²) in [4.78, 5) is 15.0. The number of aryl methyl sites for hydroxylation is 1. The third kappa shape index (κ3) is 6.81. The van der Waals surface area contributed by atoms with Crippen LogP contribution in [0.25, 0.3) is 0 Å². The molecule has 1 aliphatic heterocycles. The normalized spacial score (nSPS) is 17.1. The van der Waals surface area contributed by atoms with Gasteiger partial charge in [-0.05, 0) is 64.9 Å². The highest BCUT2D eigenvalue weighted by Gasteiger charge is 2.28. The van der Waals surface area contributed by atoms with Crippen molar-refractivity contribution in [2.24, 2.45) is 0 Å². The number of carbonyl (C=O) groups excluding carboxylic acids is 1. The lowest BCUT2D eigenvalue weighted by molar-refractivity contribution is -0.121. The van der Waals surface area contributed by atoms with Crippen LogP contribution in [-0.2, 0) is 14.8 Å². The van der Waals surface area contributed by atoms with Crippen LogP contribution in [0.5, 0.6) is 0 Å². The molecule has 0 saturated carbocycles. The molecule has 1 fully saturated rings. The molecule has 27 heavy (non-hydrogen) atoms. The largest absolute Gasteiger partial charge is 0.354 e. The van der Waals surface area contributed by atoms with Gasteiger partial charge < -0.3 is 10.2 Å². The highest BCUT2D eigenvalue weighted by atomic mass is 32.2. The Hall–Kier alpha value is -1.60. The van der Waals surface area contributed by atoms with Gasteiger partial charge >= 0.3 is 0 Å². The second-order valence-electron chi connectivity index (χ2n) is 7.47. The average Bonchev–Trinajstić information content (AvgIpc) is 2.88. The van der Waals surface area contributed by atoms with Crippen molar-refractivity contribution >= 4 is 21.6 Å². The van der Waals surface area contributed by atoms with Crippen LogP contribution in [0.1, 0.15) is 44.6 Å². The van der Waals surface area contributed by atoms with Gasteiger partial charge in [0.25, 0.3) is 0 Å². The van der Waals surface area contributed by atoms with Gasteiger partial charge in [-0.1, -0.05) is 30.5 Å². The quantitative estimate of drug-likeness (QED) is 0.687. The number of carbonyl (C=O) groups is 1. The van der Waals surface area contributed by atoms with Crippen molar-refractivity contribution in [1.82, 2.24) is 10.2 Å². The predicted octanol–water partition coefficient (Wildman–Crippen LogP) is 2.53. The Morgan fingerprint density at radius 2 is 1.74 bits per heavy atom. The fourth-order valence-corrected chi connectivity index (χ4v) is 4.70. The number of anilines is 1. The van der Waals surface area contributed by atoms with Crippen LogP contribution in [0.3, 0.4) is 0 Å². The minimum atomic E-state index is -3.56. The van der Waals surface area contributed by atoms with E-state index in [9.17, 15) is 13.2 Å². The van der Waals surface area contributed by atoms with Gasteiger partial charge in [0.2, 0.25) is 15.9 Å². The number of likely N-dealkylation sites (tertiary alicyclic amines) is 1. The third-order valence-corrected chi connectivity index (χ3v) is 6.27. The summed E-state index contributed by atoms with van der Waals surface area (Å²) in [5.41, 5.74) is 1.55. The Balaban J connectivity index is 1.89. The molecule has 152 valence electrons. The number of nitrogens with one attached hydrogen (secondary N) is 1. The molecule has 1 amide bonds. The fraction of sp³-hybridized carbons (Fsp3) is 0.650. The molecule has 0 spiro atoms. The number of nitrogens with zero attached hydrogens (tertiary/aromatic N) is 2. The molecule has 1 aliphatic rings. The van der Waals surface area contributed by atoms with Crippen LogP contribution in [0, 0.1) is 6.92 Å². The first kappa shape index (κ1) is 21.7. The van der Waals surface area contributed by atoms with Crippen LogP contribution in [-0.4, -0.2) is 57.7 Å². The number of hydrogen-bond donors (Lipinski definition) is 1. The van der Waals surface area contributed by atoms with E-state index >= 15 is 0 Å². The van der Waals surface area contributed by atoms with Crippen LogP contribution >= 0.6 is 0 Å². The molecule has 1 N–H and O–H groups in total. The molecule has 0 bridgehead atoms. The SMILES string of the molecule is Cc1ccc(N([C@H](C)C(=O)NCCCN2CCCCCC2)S(C)(=O)=O)cc1. The molecule has 1 aromatic carbocycles. The summed E-state index contributed by atoms with van der Waals surface area (Å²) in [7, 11) is -3.56. The monoisotopic (exact) mass is 395 g/mol. The molecule has 7 heteroatoms. The Morgan fingerprint density at radius 1 is 1.15 bits per heavy atom. The first-order valence-electron chi connectivity index (χ1n) is 9.85. The minimum absolute atomic E-state index is 0.267. The predicted molar refractivity (Wildman–Crippen MR) is 110 cm³/mol. The average molecular weight is 396 g/mol. The van der Waals surface area contributed by atoms with E-state index < -0.39 is 16.1 Å². The van der Waals surface area contributed by atoms with Crippen LogP contribution in [0.4, 0.5) is 5.69 Å². The summed E-state index contributed by atoms with van der Waals surface area (Å²) in [5, 5.41) is 2.90. The van der Waals surface area contributed by atoms with Gasteiger partial charge in [-0.25, -0.2) is 8.42 Å². The van der Waals surface area contributed by atoms with Gasteiger partial charge in [0.1, 0.15) is 6.04 Å². The number of rotatable bonds is 8. The topological polar surface area (TPSA) is 69.7 Å². The number of sulfonamides is 1. The third-order valence-electron chi connectivity index (χ3n) is 5.03. The van der Waals surface area contributed by atoms with Crippen molar-refractivity contribution < 1.29 is 13.2 Å². The molecule has 1 aromatic rings. The maximum absolute atomic E-state index is 12.5. The van der Waals surface area contributed by atoms with Crippen LogP contribution in [0.15, 0.2) is 24.3 Å². The Bertz CT molecular complexity index is 696. The Kier molecular flexibility index (Phi) is 8.10. The highest BCUT2D eigenvalue weighted by Crippen LogP contribution is 2.21.